The molecular weight excluding hydrogens is 258 g/mol. The van der Waals surface area contributed by atoms with Crippen LogP contribution >= 0.6 is 35.6 Å². The van der Waals surface area contributed by atoms with Crippen LogP contribution in [0.4, 0.5) is 0 Å². The predicted molar refractivity (Wildman–Crippen MR) is 63.3 cm³/mol. The fraction of sp³-hybridized carbons (Fsp3) is 0.625. The molecule has 84 valence electrons. The van der Waals surface area contributed by atoms with Crippen LogP contribution in [0.2, 0.25) is 0 Å². The minimum Gasteiger partial charge on any atom is -0.480 e. The molecule has 0 aliphatic carbocycles. The molecule has 4 nitrogen and oxygen atoms in total. The van der Waals surface area contributed by atoms with Crippen molar-refractivity contribution in [3.05, 3.63) is 0 Å². The smallest absolute Gasteiger partial charge is 0.323 e. The molecule has 1 atom stereocenters. The van der Waals surface area contributed by atoms with Crippen molar-refractivity contribution in [2.24, 2.45) is 0 Å². The van der Waals surface area contributed by atoms with Gasteiger partial charge in [-0.2, -0.15) is 0 Å². The fourth-order valence-corrected chi connectivity index (χ4v) is 2.92. The zero-order valence-electron chi connectivity index (χ0n) is 7.81. The van der Waals surface area contributed by atoms with Gasteiger partial charge in [-0.05, 0) is 12.8 Å². The summed E-state index contributed by atoms with van der Waals surface area (Å²) in [5, 5.41) is 8.33. The van der Waals surface area contributed by atoms with Crippen LogP contribution in [0.15, 0.2) is 0 Å². The predicted octanol–water partition coefficient (Wildman–Crippen LogP) is 1.32. The first kappa shape index (κ1) is 12.7. The molecule has 0 spiro atoms. The minimum absolute atomic E-state index is 0.211. The number of carboxylic acids is 1. The number of carboxylic acid groups (broad SMARTS) is 1. The molecule has 0 saturated carbocycles. The summed E-state index contributed by atoms with van der Waals surface area (Å²) in [6, 6.07) is 0. The Balaban J connectivity index is 2.58. The highest BCUT2D eigenvalue weighted by Gasteiger charge is 2.37. The molecule has 0 aromatic rings. The lowest BCUT2D eigenvalue weighted by Gasteiger charge is -2.11. The monoisotopic (exact) mass is 267 g/mol. The van der Waals surface area contributed by atoms with Crippen molar-refractivity contribution < 1.29 is 14.7 Å². The first-order valence-electron chi connectivity index (χ1n) is 4.36. The first-order chi connectivity index (χ1) is 7.06. The maximum absolute atomic E-state index is 11.7. The maximum Gasteiger partial charge on any atom is 0.323 e. The van der Waals surface area contributed by atoms with Crippen LogP contribution in [0.5, 0.6) is 0 Å². The highest BCUT2D eigenvalue weighted by molar-refractivity contribution is 8.24. The van der Waals surface area contributed by atoms with Gasteiger partial charge in [-0.15, -0.1) is 11.6 Å². The third-order valence-electron chi connectivity index (χ3n) is 1.90. The second-order valence-electron chi connectivity index (χ2n) is 3.02. The standard InChI is InChI=1S/C8H10ClNO3S2/c9-3-1-2-5-7(13)10(4-6(11)12)8(14)15-5/h5H,1-4H2,(H,11,12). The highest BCUT2D eigenvalue weighted by Crippen LogP contribution is 2.30. The van der Waals surface area contributed by atoms with Crippen molar-refractivity contribution in [3.63, 3.8) is 0 Å². The van der Waals surface area contributed by atoms with E-state index in [1.54, 1.807) is 0 Å². The van der Waals surface area contributed by atoms with Crippen LogP contribution in [-0.4, -0.2) is 43.9 Å². The molecule has 0 bridgehead atoms. The van der Waals surface area contributed by atoms with E-state index in [4.69, 9.17) is 28.9 Å². The number of carbonyl (C=O) groups excluding carboxylic acids is 1. The Morgan fingerprint density at radius 3 is 2.87 bits per heavy atom. The minimum atomic E-state index is -1.05. The Morgan fingerprint density at radius 1 is 1.67 bits per heavy atom. The van der Waals surface area contributed by atoms with Crippen molar-refractivity contribution in [3.8, 4) is 0 Å². The second-order valence-corrected chi connectivity index (χ2v) is 5.24. The Morgan fingerprint density at radius 2 is 2.33 bits per heavy atom. The van der Waals surface area contributed by atoms with Gasteiger partial charge in [0.1, 0.15) is 10.9 Å². The van der Waals surface area contributed by atoms with E-state index in [1.165, 1.54) is 11.8 Å². The molecule has 7 heteroatoms. The number of thioether (sulfide) groups is 1. The quantitative estimate of drug-likeness (QED) is 0.601. The third kappa shape index (κ3) is 3.32. The lowest BCUT2D eigenvalue weighted by atomic mass is 10.2. The third-order valence-corrected chi connectivity index (χ3v) is 3.82. The first-order valence-corrected chi connectivity index (χ1v) is 6.18. The van der Waals surface area contributed by atoms with Crippen LogP contribution in [0.3, 0.4) is 0 Å². The van der Waals surface area contributed by atoms with E-state index in [1.807, 2.05) is 0 Å². The summed E-state index contributed by atoms with van der Waals surface area (Å²) in [4.78, 5) is 23.3. The number of hydrogen-bond acceptors (Lipinski definition) is 4. The molecule has 1 unspecified atom stereocenters. The van der Waals surface area contributed by atoms with Crippen LogP contribution in [0.25, 0.3) is 0 Å². The number of hydrogen-bond donors (Lipinski definition) is 1. The second kappa shape index (κ2) is 5.67. The van der Waals surface area contributed by atoms with Crippen molar-refractivity contribution in [1.29, 1.82) is 0 Å². The van der Waals surface area contributed by atoms with Gasteiger partial charge >= 0.3 is 5.97 Å². The van der Waals surface area contributed by atoms with Gasteiger partial charge in [-0.25, -0.2) is 0 Å². The van der Waals surface area contributed by atoms with E-state index >= 15 is 0 Å². The Kier molecular flexibility index (Phi) is 4.82. The molecule has 1 saturated heterocycles. The lowest BCUT2D eigenvalue weighted by molar-refractivity contribution is -0.141. The molecule has 15 heavy (non-hydrogen) atoms. The van der Waals surface area contributed by atoms with E-state index < -0.39 is 5.97 Å². The van der Waals surface area contributed by atoms with E-state index in [0.717, 1.165) is 11.3 Å². The zero-order valence-corrected chi connectivity index (χ0v) is 10.2. The number of alkyl halides is 1. The number of rotatable bonds is 5. The highest BCUT2D eigenvalue weighted by atomic mass is 35.5. The fourth-order valence-electron chi connectivity index (χ4n) is 1.22. The summed E-state index contributed by atoms with van der Waals surface area (Å²) in [5.41, 5.74) is 0. The number of thiocarbonyl (C=S) groups is 1. The van der Waals surface area contributed by atoms with E-state index in [9.17, 15) is 9.59 Å². The van der Waals surface area contributed by atoms with E-state index in [0.29, 0.717) is 16.6 Å². The molecule has 1 rings (SSSR count). The molecule has 0 aromatic heterocycles. The molecule has 1 aliphatic heterocycles. The summed E-state index contributed by atoms with van der Waals surface area (Å²) < 4.78 is 0.349. The van der Waals surface area contributed by atoms with Gasteiger partial charge in [-0.3, -0.25) is 14.5 Å². The van der Waals surface area contributed by atoms with Crippen molar-refractivity contribution in [1.82, 2.24) is 4.90 Å². The molecule has 0 aromatic carbocycles. The molecule has 1 amide bonds. The average molecular weight is 268 g/mol. The van der Waals surface area contributed by atoms with Crippen molar-refractivity contribution in [2.45, 2.75) is 18.1 Å². The Hall–Kier alpha value is -0.330. The summed E-state index contributed by atoms with van der Waals surface area (Å²) in [6.45, 7) is -0.345. The van der Waals surface area contributed by atoms with Gasteiger partial charge in [-0.1, -0.05) is 24.0 Å². The average Bonchev–Trinajstić information content (AvgIpc) is 2.42. The van der Waals surface area contributed by atoms with Gasteiger partial charge in [0.2, 0.25) is 5.91 Å². The normalized spacial score (nSPS) is 21.1. The zero-order chi connectivity index (χ0) is 11.4. The summed E-state index contributed by atoms with van der Waals surface area (Å²) in [7, 11) is 0. The number of aliphatic carboxylic acids is 1. The summed E-state index contributed by atoms with van der Waals surface area (Å²) in [5.74, 6) is -0.766. The Labute approximate surface area is 102 Å². The van der Waals surface area contributed by atoms with E-state index in [-0.39, 0.29) is 17.7 Å². The van der Waals surface area contributed by atoms with Gasteiger partial charge in [0.25, 0.3) is 0 Å². The van der Waals surface area contributed by atoms with E-state index in [2.05, 4.69) is 0 Å². The Bertz CT molecular complexity index is 298. The number of amides is 1. The van der Waals surface area contributed by atoms with Gasteiger partial charge in [0, 0.05) is 5.88 Å². The molecule has 0 radical (unpaired) electrons. The molecule has 1 heterocycles. The molecule has 1 N–H and O–H groups in total. The van der Waals surface area contributed by atoms with Crippen LogP contribution < -0.4 is 0 Å². The van der Waals surface area contributed by atoms with Crippen LogP contribution in [0.1, 0.15) is 12.8 Å². The number of halogens is 1. The molecule has 1 fully saturated rings. The SMILES string of the molecule is O=C(O)CN1C(=O)C(CCCCl)SC1=S. The van der Waals surface area contributed by atoms with Crippen molar-refractivity contribution >= 4 is 51.8 Å². The molecular formula is C8H10ClNO3S2. The van der Waals surface area contributed by atoms with Crippen molar-refractivity contribution in [2.75, 3.05) is 12.4 Å². The van der Waals surface area contributed by atoms with Crippen LogP contribution in [0, 0.1) is 0 Å². The van der Waals surface area contributed by atoms with Gasteiger partial charge in [0.05, 0.1) is 5.25 Å². The molecule has 1 aliphatic rings. The maximum atomic E-state index is 11.7. The number of carbonyl (C=O) groups is 2. The number of nitrogens with zero attached hydrogens (tertiary/aromatic N) is 1. The topological polar surface area (TPSA) is 57.6 Å². The van der Waals surface area contributed by atoms with Gasteiger partial charge < -0.3 is 5.11 Å². The largest absolute Gasteiger partial charge is 0.480 e. The lowest BCUT2D eigenvalue weighted by Crippen LogP contribution is -2.35. The van der Waals surface area contributed by atoms with Gasteiger partial charge in [0.15, 0.2) is 0 Å². The summed E-state index contributed by atoms with van der Waals surface area (Å²) >= 11 is 11.7. The van der Waals surface area contributed by atoms with Crippen LogP contribution in [-0.2, 0) is 9.59 Å². The summed E-state index contributed by atoms with van der Waals surface area (Å²) in [6.07, 6.45) is 1.37.